The molecule has 0 saturated heterocycles. The lowest BCUT2D eigenvalue weighted by molar-refractivity contribution is 0.409. The molecule has 0 aliphatic rings. The van der Waals surface area contributed by atoms with E-state index >= 15 is 0 Å². The molecule has 3 heteroatoms. The number of nitrogens with one attached hydrogen (secondary N) is 1. The number of imidazole rings is 1. The maximum absolute atomic E-state index is 5.87. The van der Waals surface area contributed by atoms with E-state index < -0.39 is 0 Å². The van der Waals surface area contributed by atoms with Gasteiger partial charge in [-0.2, -0.15) is 0 Å². The number of nitrogens with zero attached hydrogens (tertiary/aromatic N) is 1. The molecule has 20 heavy (non-hydrogen) atoms. The number of aromatic amines is 1. The summed E-state index contributed by atoms with van der Waals surface area (Å²) in [7, 11) is 0. The van der Waals surface area contributed by atoms with Crippen molar-refractivity contribution in [2.45, 2.75) is 33.6 Å². The van der Waals surface area contributed by atoms with Crippen LogP contribution in [0.1, 0.15) is 31.7 Å². The smallest absolute Gasteiger partial charge is 0.106 e. The van der Waals surface area contributed by atoms with E-state index in [9.17, 15) is 0 Å². The van der Waals surface area contributed by atoms with E-state index in [0.717, 1.165) is 30.9 Å². The normalized spacial score (nSPS) is 12.8. The molecule has 1 aromatic carbocycles. The van der Waals surface area contributed by atoms with E-state index in [1.807, 2.05) is 6.20 Å². The molecule has 0 spiro atoms. The Balaban J connectivity index is 2.11. The summed E-state index contributed by atoms with van der Waals surface area (Å²) in [5.41, 5.74) is 9.45. The Morgan fingerprint density at radius 3 is 2.65 bits per heavy atom. The largest absolute Gasteiger partial charge is 0.342 e. The summed E-state index contributed by atoms with van der Waals surface area (Å²) in [5, 5.41) is 0. The number of nitrogens with two attached hydrogens (primary N) is 1. The van der Waals surface area contributed by atoms with Crippen LogP contribution in [0.15, 0.2) is 30.5 Å². The Hall–Kier alpha value is -1.61. The van der Waals surface area contributed by atoms with E-state index in [-0.39, 0.29) is 0 Å². The minimum atomic E-state index is 0.505. The first kappa shape index (κ1) is 14.8. The molecule has 0 radical (unpaired) electrons. The van der Waals surface area contributed by atoms with Gasteiger partial charge >= 0.3 is 0 Å². The molecule has 3 nitrogen and oxygen atoms in total. The van der Waals surface area contributed by atoms with Gasteiger partial charge < -0.3 is 10.7 Å². The van der Waals surface area contributed by atoms with Crippen molar-refractivity contribution in [3.8, 4) is 11.3 Å². The quantitative estimate of drug-likeness (QED) is 0.844. The molecule has 1 unspecified atom stereocenters. The zero-order chi connectivity index (χ0) is 14.5. The second-order valence-electron chi connectivity index (χ2n) is 5.99. The van der Waals surface area contributed by atoms with Crippen LogP contribution in [0.2, 0.25) is 0 Å². The van der Waals surface area contributed by atoms with Gasteiger partial charge in [-0.3, -0.25) is 0 Å². The van der Waals surface area contributed by atoms with Gasteiger partial charge in [-0.15, -0.1) is 0 Å². The number of aryl methyl sites for hydroxylation is 1. The minimum Gasteiger partial charge on any atom is -0.342 e. The van der Waals surface area contributed by atoms with Gasteiger partial charge in [0.15, 0.2) is 0 Å². The fourth-order valence-corrected chi connectivity index (χ4v) is 2.68. The summed E-state index contributed by atoms with van der Waals surface area (Å²) >= 11 is 0. The Kier molecular flexibility index (Phi) is 4.96. The molecule has 0 aliphatic carbocycles. The monoisotopic (exact) mass is 271 g/mol. The van der Waals surface area contributed by atoms with Crippen LogP contribution in [0.25, 0.3) is 11.3 Å². The van der Waals surface area contributed by atoms with E-state index in [4.69, 9.17) is 5.73 Å². The van der Waals surface area contributed by atoms with Gasteiger partial charge in [0.05, 0.1) is 11.9 Å². The predicted octanol–water partition coefficient (Wildman–Crippen LogP) is 3.55. The molecule has 0 aliphatic heterocycles. The zero-order valence-electron chi connectivity index (χ0n) is 12.7. The highest BCUT2D eigenvalue weighted by atomic mass is 14.9. The van der Waals surface area contributed by atoms with E-state index in [0.29, 0.717) is 11.8 Å². The molecule has 108 valence electrons. The number of rotatable bonds is 6. The van der Waals surface area contributed by atoms with Gasteiger partial charge in [0.1, 0.15) is 5.82 Å². The van der Waals surface area contributed by atoms with Crippen LogP contribution in [-0.4, -0.2) is 16.5 Å². The predicted molar refractivity (Wildman–Crippen MR) is 84.5 cm³/mol. The molecule has 1 atom stereocenters. The first-order valence-electron chi connectivity index (χ1n) is 7.40. The van der Waals surface area contributed by atoms with Gasteiger partial charge in [0.2, 0.25) is 0 Å². The molecule has 0 bridgehead atoms. The van der Waals surface area contributed by atoms with Gasteiger partial charge in [-0.1, -0.05) is 38.1 Å². The van der Waals surface area contributed by atoms with Gasteiger partial charge in [0, 0.05) is 12.0 Å². The highest BCUT2D eigenvalue weighted by Crippen LogP contribution is 2.22. The first-order chi connectivity index (χ1) is 9.60. The van der Waals surface area contributed by atoms with E-state index in [2.05, 4.69) is 55.0 Å². The fraction of sp³-hybridized carbons (Fsp3) is 0.471. The van der Waals surface area contributed by atoms with Crippen molar-refractivity contribution in [1.82, 2.24) is 9.97 Å². The Labute approximate surface area is 121 Å². The van der Waals surface area contributed by atoms with Crippen molar-refractivity contribution in [1.29, 1.82) is 0 Å². The standard InChI is InChI=1S/C17H25N3/c1-12(2)8-14(10-18)9-17-19-11-16(20-17)15-7-5-4-6-13(15)3/h4-7,11-12,14H,8-10,18H2,1-3H3,(H,19,20). The van der Waals surface area contributed by atoms with Crippen LogP contribution in [0.4, 0.5) is 0 Å². The van der Waals surface area contributed by atoms with E-state index in [1.165, 1.54) is 11.1 Å². The van der Waals surface area contributed by atoms with Crippen molar-refractivity contribution in [2.24, 2.45) is 17.6 Å². The van der Waals surface area contributed by atoms with Crippen LogP contribution in [0.5, 0.6) is 0 Å². The molecule has 0 saturated carbocycles. The lowest BCUT2D eigenvalue weighted by Gasteiger charge is -2.15. The summed E-state index contributed by atoms with van der Waals surface area (Å²) in [5.74, 6) is 2.22. The second kappa shape index (κ2) is 6.71. The molecule has 2 rings (SSSR count). The van der Waals surface area contributed by atoms with Crippen molar-refractivity contribution in [3.63, 3.8) is 0 Å². The third kappa shape index (κ3) is 3.70. The molecular formula is C17H25N3. The number of hydrogen-bond acceptors (Lipinski definition) is 2. The SMILES string of the molecule is Cc1ccccc1-c1cnc(CC(CN)CC(C)C)[nH]1. The summed E-state index contributed by atoms with van der Waals surface area (Å²) < 4.78 is 0. The van der Waals surface area contributed by atoms with Crippen molar-refractivity contribution < 1.29 is 0 Å². The first-order valence-corrected chi connectivity index (χ1v) is 7.40. The number of benzene rings is 1. The van der Waals surface area contributed by atoms with Crippen LogP contribution in [0.3, 0.4) is 0 Å². The van der Waals surface area contributed by atoms with Gasteiger partial charge in [-0.05, 0) is 37.3 Å². The van der Waals surface area contributed by atoms with Gasteiger partial charge in [-0.25, -0.2) is 4.98 Å². The number of aromatic nitrogens is 2. The topological polar surface area (TPSA) is 54.7 Å². The Bertz CT molecular complexity index is 543. The highest BCUT2D eigenvalue weighted by Gasteiger charge is 2.13. The molecular weight excluding hydrogens is 246 g/mol. The van der Waals surface area contributed by atoms with Gasteiger partial charge in [0.25, 0.3) is 0 Å². The third-order valence-electron chi connectivity index (χ3n) is 3.68. The zero-order valence-corrected chi connectivity index (χ0v) is 12.7. The maximum Gasteiger partial charge on any atom is 0.106 e. The van der Waals surface area contributed by atoms with E-state index in [1.54, 1.807) is 0 Å². The molecule has 3 N–H and O–H groups in total. The maximum atomic E-state index is 5.87. The third-order valence-corrected chi connectivity index (χ3v) is 3.68. The Morgan fingerprint density at radius 1 is 1.25 bits per heavy atom. The van der Waals surface area contributed by atoms with Crippen molar-refractivity contribution in [3.05, 3.63) is 41.9 Å². The van der Waals surface area contributed by atoms with Crippen LogP contribution < -0.4 is 5.73 Å². The van der Waals surface area contributed by atoms with Crippen LogP contribution >= 0.6 is 0 Å². The van der Waals surface area contributed by atoms with Crippen molar-refractivity contribution in [2.75, 3.05) is 6.54 Å². The van der Waals surface area contributed by atoms with Crippen LogP contribution in [-0.2, 0) is 6.42 Å². The lowest BCUT2D eigenvalue weighted by Crippen LogP contribution is -2.19. The second-order valence-corrected chi connectivity index (χ2v) is 5.99. The summed E-state index contributed by atoms with van der Waals surface area (Å²) in [4.78, 5) is 7.96. The Morgan fingerprint density at radius 2 is 2.00 bits per heavy atom. The fourth-order valence-electron chi connectivity index (χ4n) is 2.68. The average Bonchev–Trinajstić information content (AvgIpc) is 2.86. The molecule has 0 fully saturated rings. The summed E-state index contributed by atoms with van der Waals surface area (Å²) in [6.07, 6.45) is 4.01. The molecule has 0 amide bonds. The molecule has 1 aromatic heterocycles. The van der Waals surface area contributed by atoms with Crippen molar-refractivity contribution >= 4 is 0 Å². The lowest BCUT2D eigenvalue weighted by atomic mass is 9.94. The highest BCUT2D eigenvalue weighted by molar-refractivity contribution is 5.62. The number of H-pyrrole nitrogens is 1. The van der Waals surface area contributed by atoms with Crippen LogP contribution in [0, 0.1) is 18.8 Å². The number of hydrogen-bond donors (Lipinski definition) is 2. The molecule has 1 heterocycles. The summed E-state index contributed by atoms with van der Waals surface area (Å²) in [6.45, 7) is 7.32. The molecule has 2 aromatic rings. The average molecular weight is 271 g/mol. The summed E-state index contributed by atoms with van der Waals surface area (Å²) in [6, 6.07) is 8.37. The minimum absolute atomic E-state index is 0.505.